The van der Waals surface area contributed by atoms with E-state index in [1.165, 1.54) is 0 Å². The highest BCUT2D eigenvalue weighted by Gasteiger charge is 2.29. The molecule has 1 aliphatic rings. The molecule has 0 amide bonds. The minimum absolute atomic E-state index is 0.0248. The topological polar surface area (TPSA) is 39.4 Å². The minimum atomic E-state index is 0.0248. The predicted octanol–water partition coefficient (Wildman–Crippen LogP) is 2.89. The van der Waals surface area contributed by atoms with Crippen molar-refractivity contribution in [1.82, 2.24) is 0 Å². The van der Waals surface area contributed by atoms with Gasteiger partial charge in [0.25, 0.3) is 0 Å². The number of ketones is 1. The summed E-state index contributed by atoms with van der Waals surface area (Å²) in [5.41, 5.74) is 0.674. The van der Waals surface area contributed by atoms with Crippen molar-refractivity contribution in [2.24, 2.45) is 5.92 Å². The summed E-state index contributed by atoms with van der Waals surface area (Å²) in [7, 11) is 0. The summed E-state index contributed by atoms with van der Waals surface area (Å²) < 4.78 is 11.2. The fraction of sp³-hybridized carbons (Fsp3) is 0.583. The quantitative estimate of drug-likeness (QED) is 0.701. The zero-order chi connectivity index (χ0) is 11.0. The molecule has 0 radical (unpaired) electrons. The Kier molecular flexibility index (Phi) is 2.65. The lowest BCUT2D eigenvalue weighted by atomic mass is 10.0. The molecule has 2 atom stereocenters. The Balaban J connectivity index is 2.29. The molecular formula is C12H16O3. The number of ether oxygens (including phenoxy) is 1. The monoisotopic (exact) mass is 208 g/mol. The fourth-order valence-electron chi connectivity index (χ4n) is 2.05. The summed E-state index contributed by atoms with van der Waals surface area (Å²) in [6.45, 7) is 6.30. The second-order valence-electron chi connectivity index (χ2n) is 4.23. The van der Waals surface area contributed by atoms with Crippen molar-refractivity contribution in [3.8, 4) is 0 Å². The molecule has 0 saturated carbocycles. The zero-order valence-electron chi connectivity index (χ0n) is 9.37. The Morgan fingerprint density at radius 2 is 2.27 bits per heavy atom. The maximum Gasteiger partial charge on any atom is 0.163 e. The summed E-state index contributed by atoms with van der Waals surface area (Å²) in [4.78, 5) is 11.3. The third kappa shape index (κ3) is 1.84. The maximum atomic E-state index is 11.3. The van der Waals surface area contributed by atoms with E-state index in [4.69, 9.17) is 9.15 Å². The van der Waals surface area contributed by atoms with E-state index >= 15 is 0 Å². The number of aryl methyl sites for hydroxylation is 1. The zero-order valence-corrected chi connectivity index (χ0v) is 9.37. The van der Waals surface area contributed by atoms with E-state index in [-0.39, 0.29) is 11.9 Å². The number of hydrogen-bond donors (Lipinski definition) is 0. The van der Waals surface area contributed by atoms with Crippen LogP contribution in [0.25, 0.3) is 0 Å². The molecule has 0 unspecified atom stereocenters. The second kappa shape index (κ2) is 3.81. The van der Waals surface area contributed by atoms with E-state index in [1.54, 1.807) is 6.92 Å². The first-order valence-corrected chi connectivity index (χ1v) is 5.32. The van der Waals surface area contributed by atoms with Crippen LogP contribution in [-0.2, 0) is 4.74 Å². The second-order valence-corrected chi connectivity index (χ2v) is 4.23. The van der Waals surface area contributed by atoms with Gasteiger partial charge in [-0.2, -0.15) is 0 Å². The van der Waals surface area contributed by atoms with Crippen LogP contribution in [0.2, 0.25) is 0 Å². The molecule has 1 saturated heterocycles. The van der Waals surface area contributed by atoms with Gasteiger partial charge in [-0.05, 0) is 32.3 Å². The molecular weight excluding hydrogens is 192 g/mol. The van der Waals surface area contributed by atoms with Crippen LogP contribution in [0.5, 0.6) is 0 Å². The van der Waals surface area contributed by atoms with Crippen LogP contribution < -0.4 is 0 Å². The maximum absolute atomic E-state index is 11.3. The lowest BCUT2D eigenvalue weighted by Gasteiger charge is -2.10. The highest BCUT2D eigenvalue weighted by molar-refractivity contribution is 5.95. The normalized spacial score (nSPS) is 25.8. The van der Waals surface area contributed by atoms with Gasteiger partial charge in [0.2, 0.25) is 0 Å². The molecule has 0 N–H and O–H groups in total. The first-order valence-electron chi connectivity index (χ1n) is 5.32. The molecule has 2 heterocycles. The smallest absolute Gasteiger partial charge is 0.163 e. The van der Waals surface area contributed by atoms with Crippen LogP contribution in [0, 0.1) is 12.8 Å². The van der Waals surface area contributed by atoms with Crippen LogP contribution in [-0.4, -0.2) is 12.4 Å². The van der Waals surface area contributed by atoms with Crippen LogP contribution in [0.1, 0.15) is 48.3 Å². The van der Waals surface area contributed by atoms with Crippen LogP contribution in [0.3, 0.4) is 0 Å². The van der Waals surface area contributed by atoms with Gasteiger partial charge < -0.3 is 9.15 Å². The van der Waals surface area contributed by atoms with Crippen LogP contribution >= 0.6 is 0 Å². The summed E-state index contributed by atoms with van der Waals surface area (Å²) in [6.07, 6.45) is 1.08. The summed E-state index contributed by atoms with van der Waals surface area (Å²) in [5, 5.41) is 0. The van der Waals surface area contributed by atoms with Gasteiger partial charge in [-0.25, -0.2) is 0 Å². The Morgan fingerprint density at radius 3 is 2.73 bits per heavy atom. The molecule has 82 valence electrons. The average Bonchev–Trinajstić information content (AvgIpc) is 2.71. The third-order valence-electron chi connectivity index (χ3n) is 2.98. The van der Waals surface area contributed by atoms with E-state index in [9.17, 15) is 4.79 Å². The third-order valence-corrected chi connectivity index (χ3v) is 2.98. The molecule has 0 bridgehead atoms. The summed E-state index contributed by atoms with van der Waals surface area (Å²) in [5.74, 6) is 2.01. The Hall–Kier alpha value is -1.09. The van der Waals surface area contributed by atoms with Crippen molar-refractivity contribution >= 4 is 5.78 Å². The molecule has 1 fully saturated rings. The van der Waals surface area contributed by atoms with Crippen molar-refractivity contribution in [2.45, 2.75) is 33.3 Å². The van der Waals surface area contributed by atoms with Crippen molar-refractivity contribution in [2.75, 3.05) is 6.61 Å². The highest BCUT2D eigenvalue weighted by Crippen LogP contribution is 2.35. The van der Waals surface area contributed by atoms with Crippen LogP contribution in [0.4, 0.5) is 0 Å². The number of Topliss-reactive ketones (excluding diaryl/α,β-unsaturated/α-hetero) is 1. The van der Waals surface area contributed by atoms with Gasteiger partial charge in [-0.15, -0.1) is 0 Å². The highest BCUT2D eigenvalue weighted by atomic mass is 16.5. The molecule has 1 aromatic heterocycles. The molecule has 1 aromatic rings. The predicted molar refractivity (Wildman–Crippen MR) is 55.9 cm³/mol. The van der Waals surface area contributed by atoms with E-state index in [0.29, 0.717) is 17.2 Å². The molecule has 1 aliphatic heterocycles. The Labute approximate surface area is 89.4 Å². The van der Waals surface area contributed by atoms with Gasteiger partial charge in [0.15, 0.2) is 5.78 Å². The van der Waals surface area contributed by atoms with E-state index < -0.39 is 0 Å². The van der Waals surface area contributed by atoms with E-state index in [2.05, 4.69) is 6.92 Å². The molecule has 2 rings (SSSR count). The lowest BCUT2D eigenvalue weighted by Crippen LogP contribution is -2.02. The van der Waals surface area contributed by atoms with Gasteiger partial charge in [0.1, 0.15) is 17.6 Å². The number of carbonyl (C=O) groups excluding carboxylic acids is 1. The van der Waals surface area contributed by atoms with Crippen molar-refractivity contribution in [3.05, 3.63) is 23.2 Å². The molecule has 15 heavy (non-hydrogen) atoms. The Bertz CT molecular complexity index is 378. The molecule has 3 heteroatoms. The van der Waals surface area contributed by atoms with Crippen LogP contribution in [0.15, 0.2) is 10.5 Å². The molecule has 0 aliphatic carbocycles. The van der Waals surface area contributed by atoms with Crippen molar-refractivity contribution < 1.29 is 13.9 Å². The van der Waals surface area contributed by atoms with Gasteiger partial charge in [0.05, 0.1) is 5.56 Å². The van der Waals surface area contributed by atoms with Gasteiger partial charge in [-0.3, -0.25) is 4.79 Å². The first kappa shape index (κ1) is 10.4. The van der Waals surface area contributed by atoms with Gasteiger partial charge >= 0.3 is 0 Å². The van der Waals surface area contributed by atoms with E-state index in [0.717, 1.165) is 18.8 Å². The van der Waals surface area contributed by atoms with Gasteiger partial charge in [0, 0.05) is 6.61 Å². The minimum Gasteiger partial charge on any atom is -0.463 e. The standard InChI is InChI=1S/C12H16O3/c1-7-4-5-14-12(7)11-6-10(8(2)13)9(3)15-11/h6-7,12H,4-5H2,1-3H3/t7-,12-/m1/s1. The fourth-order valence-corrected chi connectivity index (χ4v) is 2.05. The first-order chi connectivity index (χ1) is 7.09. The van der Waals surface area contributed by atoms with E-state index in [1.807, 2.05) is 13.0 Å². The molecule has 0 aromatic carbocycles. The summed E-state index contributed by atoms with van der Waals surface area (Å²) >= 11 is 0. The van der Waals surface area contributed by atoms with Crippen molar-refractivity contribution in [3.63, 3.8) is 0 Å². The average molecular weight is 208 g/mol. The number of furan rings is 1. The SMILES string of the molecule is CC(=O)c1cc([C@@H]2OCC[C@H]2C)oc1C. The number of hydrogen-bond acceptors (Lipinski definition) is 3. The molecule has 3 nitrogen and oxygen atoms in total. The summed E-state index contributed by atoms with van der Waals surface area (Å²) in [6, 6.07) is 1.82. The van der Waals surface area contributed by atoms with Gasteiger partial charge in [-0.1, -0.05) is 6.92 Å². The van der Waals surface area contributed by atoms with Crippen molar-refractivity contribution in [1.29, 1.82) is 0 Å². The number of rotatable bonds is 2. The largest absolute Gasteiger partial charge is 0.463 e. The molecule has 0 spiro atoms. The number of carbonyl (C=O) groups is 1. The Morgan fingerprint density at radius 1 is 1.53 bits per heavy atom. The lowest BCUT2D eigenvalue weighted by molar-refractivity contribution is 0.0753.